The van der Waals surface area contributed by atoms with Crippen LogP contribution in [-0.2, 0) is 13.0 Å². The van der Waals surface area contributed by atoms with Gasteiger partial charge in [-0.15, -0.1) is 0 Å². The third kappa shape index (κ3) is 4.57. The van der Waals surface area contributed by atoms with E-state index in [-0.39, 0.29) is 0 Å². The molecule has 0 amide bonds. The molecule has 0 aliphatic heterocycles. The van der Waals surface area contributed by atoms with Gasteiger partial charge in [0.1, 0.15) is 0 Å². The normalized spacial score (nSPS) is 24.2. The average molecular weight is 291 g/mol. The maximum atomic E-state index is 4.61. The Morgan fingerprint density at radius 2 is 2.19 bits per heavy atom. The topological polar surface area (TPSA) is 29.9 Å². The van der Waals surface area contributed by atoms with Gasteiger partial charge in [0, 0.05) is 24.7 Å². The van der Waals surface area contributed by atoms with E-state index in [1.165, 1.54) is 37.8 Å². The van der Waals surface area contributed by atoms with Crippen molar-refractivity contribution in [2.75, 3.05) is 6.54 Å². The Kier molecular flexibility index (Phi) is 6.28. The fourth-order valence-corrected chi connectivity index (χ4v) is 3.84. The van der Waals surface area contributed by atoms with Gasteiger partial charge < -0.3 is 5.32 Å². The highest BCUT2D eigenvalue weighted by Gasteiger charge is 2.27. The van der Waals surface area contributed by atoms with Crippen molar-refractivity contribution in [1.29, 1.82) is 0 Å². The molecule has 1 aromatic heterocycles. The number of hydrogen-bond donors (Lipinski definition) is 1. The molecule has 1 aliphatic rings. The first-order chi connectivity index (χ1) is 10.1. The van der Waals surface area contributed by atoms with Crippen LogP contribution in [0, 0.1) is 18.8 Å². The smallest absolute Gasteiger partial charge is 0.0596 e. The summed E-state index contributed by atoms with van der Waals surface area (Å²) in [5, 5.41) is 8.44. The van der Waals surface area contributed by atoms with Gasteiger partial charge in [-0.05, 0) is 57.6 Å². The fraction of sp³-hybridized carbons (Fsp3) is 0.833. The van der Waals surface area contributed by atoms with Gasteiger partial charge in [0.2, 0.25) is 0 Å². The molecule has 3 atom stereocenters. The minimum atomic E-state index is 0.620. The van der Waals surface area contributed by atoms with Gasteiger partial charge in [0.05, 0.1) is 5.69 Å². The molecule has 2 rings (SSSR count). The van der Waals surface area contributed by atoms with Crippen LogP contribution >= 0.6 is 0 Å². The Balaban J connectivity index is 2.07. The zero-order valence-corrected chi connectivity index (χ0v) is 14.4. The number of nitrogens with one attached hydrogen (secondary N) is 1. The highest BCUT2D eigenvalue weighted by Crippen LogP contribution is 2.32. The summed E-state index contributed by atoms with van der Waals surface area (Å²) in [7, 11) is 0. The lowest BCUT2D eigenvalue weighted by Gasteiger charge is -2.34. The highest BCUT2D eigenvalue weighted by molar-refractivity contribution is 5.11. The van der Waals surface area contributed by atoms with Crippen molar-refractivity contribution in [3.05, 3.63) is 17.5 Å². The average Bonchev–Trinajstić information content (AvgIpc) is 2.83. The molecule has 1 N–H and O–H groups in total. The molecule has 3 heteroatoms. The second-order valence-corrected chi connectivity index (χ2v) is 6.89. The number of nitrogens with zero attached hydrogens (tertiary/aromatic N) is 2. The first-order valence-corrected chi connectivity index (χ1v) is 8.90. The molecule has 1 fully saturated rings. The first-order valence-electron chi connectivity index (χ1n) is 8.90. The summed E-state index contributed by atoms with van der Waals surface area (Å²) in [6, 6.07) is 2.89. The van der Waals surface area contributed by atoms with E-state index in [9.17, 15) is 0 Å². The van der Waals surface area contributed by atoms with Crippen molar-refractivity contribution in [2.45, 2.75) is 78.8 Å². The number of hydrogen-bond acceptors (Lipinski definition) is 2. The summed E-state index contributed by atoms with van der Waals surface area (Å²) >= 11 is 0. The van der Waals surface area contributed by atoms with Gasteiger partial charge in [-0.25, -0.2) is 0 Å². The highest BCUT2D eigenvalue weighted by atomic mass is 15.3. The minimum Gasteiger partial charge on any atom is -0.313 e. The van der Waals surface area contributed by atoms with Crippen molar-refractivity contribution in [1.82, 2.24) is 15.1 Å². The van der Waals surface area contributed by atoms with E-state index in [0.29, 0.717) is 6.04 Å². The van der Waals surface area contributed by atoms with E-state index in [2.05, 4.69) is 48.9 Å². The molecule has 1 aromatic rings. The number of aryl methyl sites for hydroxylation is 2. The van der Waals surface area contributed by atoms with E-state index in [1.807, 2.05) is 0 Å². The van der Waals surface area contributed by atoms with Gasteiger partial charge in [0.15, 0.2) is 0 Å². The predicted octanol–water partition coefficient (Wildman–Crippen LogP) is 3.95. The molecule has 0 radical (unpaired) electrons. The predicted molar refractivity (Wildman–Crippen MR) is 89.5 cm³/mol. The van der Waals surface area contributed by atoms with Crippen LogP contribution in [0.1, 0.15) is 64.3 Å². The van der Waals surface area contributed by atoms with Crippen molar-refractivity contribution in [3.63, 3.8) is 0 Å². The number of aromatic nitrogens is 2. The largest absolute Gasteiger partial charge is 0.313 e. The van der Waals surface area contributed by atoms with Gasteiger partial charge >= 0.3 is 0 Å². The zero-order valence-electron chi connectivity index (χ0n) is 14.4. The maximum absolute atomic E-state index is 4.61. The lowest BCUT2D eigenvalue weighted by atomic mass is 9.77. The van der Waals surface area contributed by atoms with E-state index >= 15 is 0 Å². The van der Waals surface area contributed by atoms with Crippen LogP contribution in [0.2, 0.25) is 0 Å². The Bertz CT molecular complexity index is 424. The van der Waals surface area contributed by atoms with Crippen LogP contribution in [0.5, 0.6) is 0 Å². The Labute approximate surface area is 130 Å². The maximum Gasteiger partial charge on any atom is 0.0596 e. The Morgan fingerprint density at radius 3 is 2.86 bits per heavy atom. The molecule has 21 heavy (non-hydrogen) atoms. The van der Waals surface area contributed by atoms with E-state index in [0.717, 1.165) is 37.0 Å². The molecule has 0 aromatic carbocycles. The third-order valence-corrected chi connectivity index (χ3v) is 4.92. The minimum absolute atomic E-state index is 0.620. The summed E-state index contributed by atoms with van der Waals surface area (Å²) in [6.45, 7) is 11.1. The lowest BCUT2D eigenvalue weighted by Crippen LogP contribution is -2.41. The third-order valence-electron chi connectivity index (χ3n) is 4.92. The second kappa shape index (κ2) is 7.98. The summed E-state index contributed by atoms with van der Waals surface area (Å²) in [5.41, 5.74) is 2.56. The van der Waals surface area contributed by atoms with E-state index < -0.39 is 0 Å². The van der Waals surface area contributed by atoms with E-state index in [1.54, 1.807) is 0 Å². The van der Waals surface area contributed by atoms with Gasteiger partial charge in [0.25, 0.3) is 0 Å². The van der Waals surface area contributed by atoms with Crippen LogP contribution in [0.25, 0.3) is 0 Å². The molecule has 3 unspecified atom stereocenters. The van der Waals surface area contributed by atoms with Crippen LogP contribution in [0.4, 0.5) is 0 Å². The van der Waals surface area contributed by atoms with Crippen LogP contribution in [0.15, 0.2) is 6.07 Å². The van der Waals surface area contributed by atoms with E-state index in [4.69, 9.17) is 0 Å². The van der Waals surface area contributed by atoms with Crippen molar-refractivity contribution in [3.8, 4) is 0 Å². The quantitative estimate of drug-likeness (QED) is 0.824. The summed E-state index contributed by atoms with van der Waals surface area (Å²) in [4.78, 5) is 0. The standard InChI is InChI=1S/C18H33N3/c1-5-10-19-18(16-9-7-8-14(3)11-16)13-17-12-15(4)20-21(17)6-2/h12,14,16,18-19H,5-11,13H2,1-4H3. The van der Waals surface area contributed by atoms with Crippen molar-refractivity contribution >= 4 is 0 Å². The molecule has 3 nitrogen and oxygen atoms in total. The molecule has 0 saturated heterocycles. The Hall–Kier alpha value is -0.830. The molecule has 1 saturated carbocycles. The molecule has 120 valence electrons. The monoisotopic (exact) mass is 291 g/mol. The van der Waals surface area contributed by atoms with Gasteiger partial charge in [-0.2, -0.15) is 5.10 Å². The molecule has 1 aliphatic carbocycles. The second-order valence-electron chi connectivity index (χ2n) is 6.89. The van der Waals surface area contributed by atoms with Crippen LogP contribution in [-0.4, -0.2) is 22.4 Å². The summed E-state index contributed by atoms with van der Waals surface area (Å²) in [6.07, 6.45) is 7.95. The van der Waals surface area contributed by atoms with Crippen LogP contribution < -0.4 is 5.32 Å². The molecule has 0 spiro atoms. The van der Waals surface area contributed by atoms with Crippen molar-refractivity contribution < 1.29 is 0 Å². The Morgan fingerprint density at radius 1 is 1.38 bits per heavy atom. The fourth-order valence-electron chi connectivity index (χ4n) is 3.84. The molecule has 1 heterocycles. The van der Waals surface area contributed by atoms with Gasteiger partial charge in [-0.3, -0.25) is 4.68 Å². The first kappa shape index (κ1) is 16.5. The molecule has 0 bridgehead atoms. The number of rotatable bonds is 7. The van der Waals surface area contributed by atoms with Crippen molar-refractivity contribution in [2.24, 2.45) is 11.8 Å². The molecular weight excluding hydrogens is 258 g/mol. The van der Waals surface area contributed by atoms with Crippen LogP contribution in [0.3, 0.4) is 0 Å². The summed E-state index contributed by atoms with van der Waals surface area (Å²) < 4.78 is 2.18. The summed E-state index contributed by atoms with van der Waals surface area (Å²) in [5.74, 6) is 1.73. The lowest BCUT2D eigenvalue weighted by molar-refractivity contribution is 0.219. The molecular formula is C18H33N3. The SMILES string of the molecule is CCCNC(Cc1cc(C)nn1CC)C1CCCC(C)C1. The zero-order chi connectivity index (χ0) is 15.2. The van der Waals surface area contributed by atoms with Gasteiger partial charge in [-0.1, -0.05) is 26.7 Å².